The molecule has 1 atom stereocenters. The summed E-state index contributed by atoms with van der Waals surface area (Å²) in [6.45, 7) is 6.72. The van der Waals surface area contributed by atoms with Gasteiger partial charge < -0.3 is 9.64 Å². The van der Waals surface area contributed by atoms with Gasteiger partial charge in [-0.15, -0.1) is 0 Å². The lowest BCUT2D eigenvalue weighted by molar-refractivity contribution is -0.150. The maximum Gasteiger partial charge on any atom is 0.345 e. The van der Waals surface area contributed by atoms with Gasteiger partial charge in [0.2, 0.25) is 6.17 Å². The topological polar surface area (TPSA) is 29.5 Å². The number of hydrogen-bond acceptors (Lipinski definition) is 3. The summed E-state index contributed by atoms with van der Waals surface area (Å²) in [6.07, 6.45) is -1.70. The Morgan fingerprint density at radius 3 is 2.42 bits per heavy atom. The molecule has 1 unspecified atom stereocenters. The van der Waals surface area contributed by atoms with E-state index in [1.165, 1.54) is 0 Å². The Balaban J connectivity index is 2.42. The maximum atomic E-state index is 13.9. The number of nitrogens with zero attached hydrogens (tertiary/aromatic N) is 1. The van der Waals surface area contributed by atoms with Crippen LogP contribution in [0.5, 0.6) is 0 Å². The molecule has 0 radical (unpaired) electrons. The van der Waals surface area contributed by atoms with Crippen LogP contribution >= 0.6 is 22.6 Å². The number of likely N-dealkylation sites (N-methyl/N-ethyl adjacent to an activating group) is 1. The minimum atomic E-state index is -1.70. The van der Waals surface area contributed by atoms with E-state index in [4.69, 9.17) is 4.74 Å². The molecule has 1 aromatic rings. The molecule has 0 aliphatic rings. The third-order valence-electron chi connectivity index (χ3n) is 2.92. The molecule has 1 aromatic carbocycles. The fourth-order valence-corrected chi connectivity index (χ4v) is 2.02. The molecule has 0 saturated carbocycles. The minimum absolute atomic E-state index is 0.227. The van der Waals surface area contributed by atoms with Crippen molar-refractivity contribution >= 4 is 28.6 Å². The predicted octanol–water partition coefficient (Wildman–Crippen LogP) is 3.19. The normalized spacial score (nSPS) is 12.5. The summed E-state index contributed by atoms with van der Waals surface area (Å²) in [4.78, 5) is 13.7. The lowest BCUT2D eigenvalue weighted by atomic mass is 10.1. The van der Waals surface area contributed by atoms with Crippen molar-refractivity contribution in [1.29, 1.82) is 0 Å². The Kier molecular flexibility index (Phi) is 7.30. The van der Waals surface area contributed by atoms with Gasteiger partial charge >= 0.3 is 5.97 Å². The number of benzene rings is 1. The number of halogens is 2. The Bertz CT molecular complexity index is 393. The number of ether oxygens (including phenoxy) is 1. The number of hydrogen-bond donors (Lipinski definition) is 0. The van der Waals surface area contributed by atoms with Crippen molar-refractivity contribution < 1.29 is 13.9 Å². The van der Waals surface area contributed by atoms with E-state index >= 15 is 0 Å². The molecule has 0 heterocycles. The van der Waals surface area contributed by atoms with Crippen molar-refractivity contribution in [3.63, 3.8) is 0 Å². The third kappa shape index (κ3) is 5.44. The van der Waals surface area contributed by atoms with Gasteiger partial charge in [-0.05, 0) is 53.4 Å². The van der Waals surface area contributed by atoms with Crippen molar-refractivity contribution in [2.45, 2.75) is 20.0 Å². The second-order valence-electron chi connectivity index (χ2n) is 4.11. The third-order valence-corrected chi connectivity index (χ3v) is 3.64. The first kappa shape index (κ1) is 16.4. The van der Waals surface area contributed by atoms with E-state index in [0.29, 0.717) is 12.1 Å². The Labute approximate surface area is 127 Å². The summed E-state index contributed by atoms with van der Waals surface area (Å²) in [5.74, 6) is -0.812. The fourth-order valence-electron chi connectivity index (χ4n) is 1.66. The molecule has 0 aromatic heterocycles. The first-order valence-corrected chi connectivity index (χ1v) is 7.44. The second-order valence-corrected chi connectivity index (χ2v) is 5.35. The molecule has 0 aliphatic heterocycles. The Morgan fingerprint density at radius 1 is 1.32 bits per heavy atom. The summed E-state index contributed by atoms with van der Waals surface area (Å²) in [7, 11) is 0. The molecule has 1 rings (SSSR count). The van der Waals surface area contributed by atoms with E-state index in [9.17, 15) is 9.18 Å². The molecule has 3 nitrogen and oxygen atoms in total. The highest BCUT2D eigenvalue weighted by molar-refractivity contribution is 14.1. The first-order chi connectivity index (χ1) is 9.08. The van der Waals surface area contributed by atoms with Crippen LogP contribution in [-0.4, -0.2) is 37.1 Å². The molecule has 0 spiro atoms. The number of carbonyl (C=O) groups is 1. The summed E-state index contributed by atoms with van der Waals surface area (Å²) in [5.41, 5.74) is 0.341. The number of esters is 1. The molecule has 5 heteroatoms. The molecule has 0 aliphatic carbocycles. The van der Waals surface area contributed by atoms with E-state index in [0.717, 1.165) is 16.7 Å². The average Bonchev–Trinajstić information content (AvgIpc) is 2.43. The highest BCUT2D eigenvalue weighted by Gasteiger charge is 2.21. The van der Waals surface area contributed by atoms with E-state index in [-0.39, 0.29) is 6.61 Å². The van der Waals surface area contributed by atoms with Gasteiger partial charge in [-0.1, -0.05) is 26.0 Å². The number of rotatable bonds is 7. The van der Waals surface area contributed by atoms with E-state index in [2.05, 4.69) is 27.5 Å². The molecule has 0 fully saturated rings. The van der Waals surface area contributed by atoms with Crippen molar-refractivity contribution in [2.75, 3.05) is 26.2 Å². The van der Waals surface area contributed by atoms with Crippen LogP contribution in [0.4, 0.5) is 4.39 Å². The molecular weight excluding hydrogens is 360 g/mol. The number of carbonyl (C=O) groups excluding carboxylic acids is 1. The largest absolute Gasteiger partial charge is 0.462 e. The monoisotopic (exact) mass is 379 g/mol. The van der Waals surface area contributed by atoms with E-state index < -0.39 is 12.1 Å². The summed E-state index contributed by atoms with van der Waals surface area (Å²) >= 11 is 2.13. The van der Waals surface area contributed by atoms with Crippen LogP contribution < -0.4 is 0 Å². The molecule has 0 saturated heterocycles. The zero-order valence-electron chi connectivity index (χ0n) is 11.2. The van der Waals surface area contributed by atoms with Gasteiger partial charge in [-0.25, -0.2) is 9.18 Å². The quantitative estimate of drug-likeness (QED) is 0.539. The smallest absolute Gasteiger partial charge is 0.345 e. The van der Waals surface area contributed by atoms with Crippen LogP contribution in [0, 0.1) is 3.57 Å². The zero-order chi connectivity index (χ0) is 14.3. The van der Waals surface area contributed by atoms with E-state index in [1.54, 1.807) is 24.3 Å². The van der Waals surface area contributed by atoms with Gasteiger partial charge in [0.25, 0.3) is 0 Å². The maximum absolute atomic E-state index is 13.9. The zero-order valence-corrected chi connectivity index (χ0v) is 13.4. The van der Waals surface area contributed by atoms with Gasteiger partial charge in [0.05, 0.1) is 0 Å². The van der Waals surface area contributed by atoms with Crippen LogP contribution in [0.25, 0.3) is 0 Å². The first-order valence-electron chi connectivity index (χ1n) is 6.37. The van der Waals surface area contributed by atoms with Crippen LogP contribution in [0.15, 0.2) is 24.3 Å². The highest BCUT2D eigenvalue weighted by Crippen LogP contribution is 2.20. The van der Waals surface area contributed by atoms with Crippen molar-refractivity contribution in [2.24, 2.45) is 0 Å². The fraction of sp³-hybridized carbons (Fsp3) is 0.500. The minimum Gasteiger partial charge on any atom is -0.462 e. The molecule has 106 valence electrons. The summed E-state index contributed by atoms with van der Waals surface area (Å²) in [6, 6.07) is 6.76. The second kappa shape index (κ2) is 8.47. The van der Waals surface area contributed by atoms with Crippen LogP contribution in [-0.2, 0) is 9.53 Å². The summed E-state index contributed by atoms with van der Waals surface area (Å²) < 4.78 is 19.8. The van der Waals surface area contributed by atoms with Gasteiger partial charge in [0, 0.05) is 10.1 Å². The molecular formula is C14H19FINO2. The van der Waals surface area contributed by atoms with Crippen LogP contribution in [0.1, 0.15) is 25.6 Å². The Morgan fingerprint density at radius 2 is 1.89 bits per heavy atom. The van der Waals surface area contributed by atoms with E-state index in [1.807, 2.05) is 13.8 Å². The van der Waals surface area contributed by atoms with Gasteiger partial charge in [0.15, 0.2) is 0 Å². The van der Waals surface area contributed by atoms with Gasteiger partial charge in [-0.3, -0.25) is 0 Å². The Hall–Kier alpha value is -0.690. The standard InChI is InChI=1S/C14H19FINO2/c1-3-17(4-2)9-10-19-14(18)13(15)11-5-7-12(16)8-6-11/h5-8,13H,3-4,9-10H2,1-2H3. The highest BCUT2D eigenvalue weighted by atomic mass is 127. The van der Waals surface area contributed by atoms with Crippen molar-refractivity contribution in [3.05, 3.63) is 33.4 Å². The molecule has 0 amide bonds. The van der Waals surface area contributed by atoms with Gasteiger partial charge in [-0.2, -0.15) is 0 Å². The lowest BCUT2D eigenvalue weighted by Crippen LogP contribution is -2.28. The van der Waals surface area contributed by atoms with Crippen molar-refractivity contribution in [1.82, 2.24) is 4.90 Å². The number of alkyl halides is 1. The molecule has 19 heavy (non-hydrogen) atoms. The predicted molar refractivity (Wildman–Crippen MR) is 81.8 cm³/mol. The van der Waals surface area contributed by atoms with Gasteiger partial charge in [0.1, 0.15) is 6.61 Å². The van der Waals surface area contributed by atoms with Crippen LogP contribution in [0.2, 0.25) is 0 Å². The molecule has 0 bridgehead atoms. The van der Waals surface area contributed by atoms with Crippen molar-refractivity contribution in [3.8, 4) is 0 Å². The molecule has 0 N–H and O–H groups in total. The summed E-state index contributed by atoms with van der Waals surface area (Å²) in [5, 5.41) is 0. The van der Waals surface area contributed by atoms with Crippen LogP contribution in [0.3, 0.4) is 0 Å². The average molecular weight is 379 g/mol. The SMILES string of the molecule is CCN(CC)CCOC(=O)C(F)c1ccc(I)cc1. The lowest BCUT2D eigenvalue weighted by Gasteiger charge is -2.18.